The molecule has 0 aromatic rings. The average Bonchev–Trinajstić information content (AvgIpc) is 3.19. The molecule has 1 spiro atoms. The number of ether oxygens (including phenoxy) is 3. The highest BCUT2D eigenvalue weighted by Crippen LogP contribution is 2.73. The lowest BCUT2D eigenvalue weighted by Gasteiger charge is -2.62. The number of aliphatic hydroxyl groups is 4. The van der Waals surface area contributed by atoms with Gasteiger partial charge < -0.3 is 34.6 Å². The van der Waals surface area contributed by atoms with Gasteiger partial charge in [-0.2, -0.15) is 0 Å². The van der Waals surface area contributed by atoms with E-state index in [4.69, 9.17) is 14.2 Å². The van der Waals surface area contributed by atoms with Crippen LogP contribution in [-0.2, 0) is 33.4 Å². The van der Waals surface area contributed by atoms with Crippen LogP contribution in [0.4, 0.5) is 0 Å². The van der Waals surface area contributed by atoms with E-state index in [1.807, 2.05) is 0 Å². The van der Waals surface area contributed by atoms with Gasteiger partial charge in [0, 0.05) is 6.42 Å². The van der Waals surface area contributed by atoms with Crippen LogP contribution >= 0.6 is 0 Å². The van der Waals surface area contributed by atoms with Crippen LogP contribution in [0.3, 0.4) is 0 Å². The average molecular weight is 547 g/mol. The zero-order chi connectivity index (χ0) is 28.3. The fourth-order valence-corrected chi connectivity index (χ4v) is 10.0. The molecule has 0 aromatic heterocycles. The highest BCUT2D eigenvalue weighted by molar-refractivity contribution is 6.00. The van der Waals surface area contributed by atoms with Crippen molar-refractivity contribution in [2.45, 2.75) is 100 Å². The molecule has 3 aliphatic carbocycles. The molecule has 11 heteroatoms. The summed E-state index contributed by atoms with van der Waals surface area (Å²) in [4.78, 5) is 54.7. The minimum absolute atomic E-state index is 0.0659. The fraction of sp³-hybridized carbons (Fsp3) is 0.786. The predicted molar refractivity (Wildman–Crippen MR) is 127 cm³/mol. The van der Waals surface area contributed by atoms with E-state index < -0.39 is 98.4 Å². The maximum Gasteiger partial charge on any atom is 0.342 e. The molecule has 4 bridgehead atoms. The Kier molecular flexibility index (Phi) is 4.50. The van der Waals surface area contributed by atoms with Gasteiger partial charge in [0.15, 0.2) is 28.4 Å². The Morgan fingerprint density at radius 2 is 1.72 bits per heavy atom. The third-order valence-corrected chi connectivity index (χ3v) is 12.4. The summed E-state index contributed by atoms with van der Waals surface area (Å²) in [7, 11) is 0. The first-order valence-corrected chi connectivity index (χ1v) is 13.7. The number of Topliss-reactive ketones (excluding diaryl/α,β-unsaturated/α-hetero) is 1. The Labute approximate surface area is 224 Å². The number of fused-ring (bicyclic) bond motifs is 9. The number of allylic oxidation sites excluding steroid dienone is 1. The Morgan fingerprint density at radius 3 is 2.41 bits per heavy atom. The second-order valence-electron chi connectivity index (χ2n) is 13.7. The van der Waals surface area contributed by atoms with Gasteiger partial charge in [0.05, 0.1) is 34.9 Å². The fourth-order valence-electron chi connectivity index (χ4n) is 10.0. The van der Waals surface area contributed by atoms with Crippen molar-refractivity contribution in [1.29, 1.82) is 0 Å². The van der Waals surface area contributed by atoms with Crippen LogP contribution in [0.15, 0.2) is 12.2 Å². The van der Waals surface area contributed by atoms with Crippen LogP contribution in [0.2, 0.25) is 0 Å². The summed E-state index contributed by atoms with van der Waals surface area (Å²) in [6, 6.07) is 0. The second kappa shape index (κ2) is 6.82. The molecule has 11 nitrogen and oxygen atoms in total. The maximum absolute atomic E-state index is 14.7. The molecule has 0 aromatic carbocycles. The van der Waals surface area contributed by atoms with Crippen LogP contribution in [0.25, 0.3) is 0 Å². The molecule has 0 unspecified atom stereocenters. The summed E-state index contributed by atoms with van der Waals surface area (Å²) in [6.45, 7) is 6.28. The summed E-state index contributed by atoms with van der Waals surface area (Å²) >= 11 is 0. The lowest BCUT2D eigenvalue weighted by Crippen LogP contribution is -2.78. The largest absolute Gasteiger partial charge is 0.458 e. The third-order valence-electron chi connectivity index (χ3n) is 12.4. The Morgan fingerprint density at radius 1 is 1.03 bits per heavy atom. The third kappa shape index (κ3) is 2.32. The Balaban J connectivity index is 1.51. The van der Waals surface area contributed by atoms with Crippen LogP contribution < -0.4 is 0 Å². The van der Waals surface area contributed by atoms with Crippen LogP contribution in [-0.4, -0.2) is 84.3 Å². The van der Waals surface area contributed by atoms with E-state index >= 15 is 0 Å². The first-order chi connectivity index (χ1) is 18.0. The van der Waals surface area contributed by atoms with E-state index in [2.05, 4.69) is 0 Å². The van der Waals surface area contributed by atoms with Gasteiger partial charge in [0.1, 0.15) is 6.10 Å². The first kappa shape index (κ1) is 25.8. The van der Waals surface area contributed by atoms with Gasteiger partial charge in [0.25, 0.3) is 0 Å². The SMILES string of the molecule is C[C@@H]1C(=O)O[C@@H]2C[C@@]1(C)[C@@H]1C(=O)[C@]3(O)O[C@]14[C@@]2(C)OC(=O)[C@@]4(O)CC[C@H]1[C@H]3[C@@H](O)C[C@@]2(O)CC=CC(=O)[C@]12C. The van der Waals surface area contributed by atoms with Gasteiger partial charge in [-0.05, 0) is 56.9 Å². The smallest absolute Gasteiger partial charge is 0.342 e. The van der Waals surface area contributed by atoms with E-state index in [0.29, 0.717) is 0 Å². The number of carbonyl (C=O) groups is 4. The van der Waals surface area contributed by atoms with Crippen LogP contribution in [0.1, 0.15) is 59.8 Å². The molecule has 6 fully saturated rings. The summed E-state index contributed by atoms with van der Waals surface area (Å²) in [6.07, 6.45) is -0.200. The number of esters is 2. The summed E-state index contributed by atoms with van der Waals surface area (Å²) in [5.41, 5.74) is -10.9. The molecule has 0 radical (unpaired) electrons. The monoisotopic (exact) mass is 546 g/mol. The van der Waals surface area contributed by atoms with Crippen molar-refractivity contribution in [2.75, 3.05) is 0 Å². The van der Waals surface area contributed by atoms with Gasteiger partial charge in [-0.15, -0.1) is 0 Å². The normalized spacial score (nSPS) is 60.9. The number of hydrogen-bond donors (Lipinski definition) is 4. The zero-order valence-corrected chi connectivity index (χ0v) is 22.3. The van der Waals surface area contributed by atoms with Crippen LogP contribution in [0.5, 0.6) is 0 Å². The predicted octanol–water partition coefficient (Wildman–Crippen LogP) is -0.295. The lowest BCUT2D eigenvalue weighted by molar-refractivity contribution is -0.360. The molecular weight excluding hydrogens is 512 g/mol. The quantitative estimate of drug-likeness (QED) is 0.294. The van der Waals surface area contributed by atoms with E-state index in [1.165, 1.54) is 19.1 Å². The maximum atomic E-state index is 14.7. The number of aliphatic hydroxyl groups excluding tert-OH is 1. The van der Waals surface area contributed by atoms with Gasteiger partial charge in [-0.1, -0.05) is 19.9 Å². The Hall–Kier alpha value is -2.18. The molecule has 39 heavy (non-hydrogen) atoms. The molecule has 4 aliphatic heterocycles. The molecule has 2 saturated carbocycles. The number of rotatable bonds is 0. The van der Waals surface area contributed by atoms with Gasteiger partial charge in [0.2, 0.25) is 5.79 Å². The molecule has 212 valence electrons. The van der Waals surface area contributed by atoms with Gasteiger partial charge >= 0.3 is 11.9 Å². The van der Waals surface area contributed by atoms with Crippen molar-refractivity contribution in [2.24, 2.45) is 34.5 Å². The summed E-state index contributed by atoms with van der Waals surface area (Å²) in [5, 5.41) is 47.9. The first-order valence-electron chi connectivity index (χ1n) is 13.7. The van der Waals surface area contributed by atoms with Gasteiger partial charge in [-0.25, -0.2) is 4.79 Å². The molecule has 4 heterocycles. The standard InChI is InChI=1S/C28H34O11/c1-12-20(32)37-16-11-22(12,2)18-19(31)27(36)17-13(23(3)15(30)6-5-8-25(23,34)10-14(17)29)7-9-26(35)21(33)38-24(16,4)28(18,26)39-27/h5-6,12-14,16-18,29,34-36H,7-11H2,1-4H3/t12-,13+,14+,16-,17+,18+,22-,23+,24+,25+,26+,27-,28+/m1/s1. The Bertz CT molecular complexity index is 1290. The van der Waals surface area contributed by atoms with Gasteiger partial charge in [-0.3, -0.25) is 14.4 Å². The number of ketones is 2. The summed E-state index contributed by atoms with van der Waals surface area (Å²) in [5.74, 6) is -10.4. The molecule has 4 N–H and O–H groups in total. The van der Waals surface area contributed by atoms with E-state index in [9.17, 15) is 39.6 Å². The van der Waals surface area contributed by atoms with Crippen molar-refractivity contribution < 1.29 is 53.8 Å². The minimum atomic E-state index is -2.76. The van der Waals surface area contributed by atoms with Crippen LogP contribution in [0, 0.1) is 34.5 Å². The van der Waals surface area contributed by atoms with Crippen molar-refractivity contribution in [1.82, 2.24) is 0 Å². The van der Waals surface area contributed by atoms with Crippen molar-refractivity contribution in [3.8, 4) is 0 Å². The lowest BCUT2D eigenvalue weighted by atomic mass is 9.46. The highest BCUT2D eigenvalue weighted by atomic mass is 16.7. The topological polar surface area (TPSA) is 177 Å². The molecule has 4 saturated heterocycles. The molecule has 0 amide bonds. The summed E-state index contributed by atoms with van der Waals surface area (Å²) < 4.78 is 17.9. The number of carbonyl (C=O) groups excluding carboxylic acids is 4. The van der Waals surface area contributed by atoms with Crippen molar-refractivity contribution in [3.05, 3.63) is 12.2 Å². The second-order valence-corrected chi connectivity index (χ2v) is 13.7. The molecule has 7 rings (SSSR count). The minimum Gasteiger partial charge on any atom is -0.458 e. The molecular formula is C28H34O11. The van der Waals surface area contributed by atoms with E-state index in [1.54, 1.807) is 20.8 Å². The molecule has 13 atom stereocenters. The van der Waals surface area contributed by atoms with E-state index in [-0.39, 0.29) is 32.1 Å². The number of hydrogen-bond acceptors (Lipinski definition) is 11. The van der Waals surface area contributed by atoms with E-state index in [0.717, 1.165) is 0 Å². The molecule has 7 aliphatic rings. The van der Waals surface area contributed by atoms with Crippen molar-refractivity contribution in [3.63, 3.8) is 0 Å². The van der Waals surface area contributed by atoms with Crippen molar-refractivity contribution >= 4 is 23.5 Å². The zero-order valence-electron chi connectivity index (χ0n) is 22.3. The highest BCUT2D eigenvalue weighted by Gasteiger charge is 2.92.